The van der Waals surface area contributed by atoms with E-state index in [4.69, 9.17) is 21.3 Å². The summed E-state index contributed by atoms with van der Waals surface area (Å²) in [6.45, 7) is 1.92. The van der Waals surface area contributed by atoms with Crippen LogP contribution < -0.4 is 26.1 Å². The highest BCUT2D eigenvalue weighted by Crippen LogP contribution is 2.19. The number of aromatic nitrogens is 1. The Morgan fingerprint density at radius 1 is 1.41 bits per heavy atom. The molecule has 0 aliphatic carbocycles. The molecule has 0 aliphatic heterocycles. The lowest BCUT2D eigenvalue weighted by atomic mass is 10.3. The molecule has 1 aromatic rings. The minimum absolute atomic E-state index is 0.0645. The molecule has 1 heterocycles. The first-order chi connectivity index (χ1) is 8.22. The molecule has 0 unspecified atom stereocenters. The summed E-state index contributed by atoms with van der Waals surface area (Å²) >= 11 is 0. The lowest BCUT2D eigenvalue weighted by molar-refractivity contribution is -0.378. The molecular formula is C11H21N4O2+. The Labute approximate surface area is 101 Å². The minimum atomic E-state index is 0.0645. The number of H-pyrrole nitrogens is 1. The number of nitrogens with two attached hydrogens (primary N) is 2. The van der Waals surface area contributed by atoms with Crippen molar-refractivity contribution in [2.75, 3.05) is 44.0 Å². The Hall–Kier alpha value is -1.53. The fraction of sp³-hybridized carbons (Fsp3) is 0.545. The number of nitrogens with zero attached hydrogens (tertiary/aromatic N) is 1. The summed E-state index contributed by atoms with van der Waals surface area (Å²) in [6.07, 6.45) is 0.838. The molecular weight excluding hydrogens is 220 g/mol. The predicted octanol–water partition coefficient (Wildman–Crippen LogP) is -0.761. The van der Waals surface area contributed by atoms with Crippen LogP contribution in [0, 0.1) is 0 Å². The van der Waals surface area contributed by atoms with E-state index in [-0.39, 0.29) is 6.61 Å². The number of pyridine rings is 1. The molecule has 1 aromatic heterocycles. The van der Waals surface area contributed by atoms with Gasteiger partial charge in [-0.15, -0.1) is 0 Å². The Bertz CT molecular complexity index is 346. The van der Waals surface area contributed by atoms with Gasteiger partial charge in [-0.25, -0.2) is 4.98 Å². The molecule has 0 spiro atoms. The van der Waals surface area contributed by atoms with Crippen molar-refractivity contribution >= 4 is 11.5 Å². The molecule has 1 rings (SSSR count). The van der Waals surface area contributed by atoms with Gasteiger partial charge in [0.25, 0.3) is 5.88 Å². The third-order valence-electron chi connectivity index (χ3n) is 2.47. The maximum Gasteiger partial charge on any atom is 0.300 e. The zero-order valence-corrected chi connectivity index (χ0v) is 10.1. The quantitative estimate of drug-likeness (QED) is 0.583. The van der Waals surface area contributed by atoms with Crippen LogP contribution in [0.2, 0.25) is 0 Å². The molecule has 0 aromatic carbocycles. The van der Waals surface area contributed by atoms with Crippen molar-refractivity contribution in [3.05, 3.63) is 12.1 Å². The number of aliphatic hydroxyl groups is 1. The van der Waals surface area contributed by atoms with Crippen LogP contribution in [0.5, 0.6) is 5.88 Å². The van der Waals surface area contributed by atoms with Crippen molar-refractivity contribution in [3.63, 3.8) is 0 Å². The van der Waals surface area contributed by atoms with Gasteiger partial charge in [0.15, 0.2) is 0 Å². The first kappa shape index (κ1) is 13.5. The number of aliphatic hydroxyl groups excluding tert-OH is 1. The van der Waals surface area contributed by atoms with E-state index in [1.165, 1.54) is 0 Å². The molecule has 0 bridgehead atoms. The van der Waals surface area contributed by atoms with Gasteiger partial charge >= 0.3 is 5.82 Å². The lowest BCUT2D eigenvalue weighted by Crippen LogP contribution is -2.34. The molecule has 0 fully saturated rings. The third-order valence-corrected chi connectivity index (χ3v) is 2.47. The molecule has 6 heteroatoms. The summed E-state index contributed by atoms with van der Waals surface area (Å²) in [5.41, 5.74) is 12.0. The Morgan fingerprint density at radius 3 is 2.76 bits per heavy atom. The number of aromatic amines is 1. The van der Waals surface area contributed by atoms with Crippen LogP contribution in [0.4, 0.5) is 11.5 Å². The number of anilines is 2. The number of methoxy groups -OCH3 is 1. The van der Waals surface area contributed by atoms with Crippen molar-refractivity contribution in [1.82, 2.24) is 0 Å². The van der Waals surface area contributed by atoms with Crippen LogP contribution in [-0.4, -0.2) is 38.5 Å². The van der Waals surface area contributed by atoms with E-state index >= 15 is 0 Å². The summed E-state index contributed by atoms with van der Waals surface area (Å²) in [5.74, 6) is 1.39. The number of hydrogen-bond donors (Lipinski definition) is 3. The third kappa shape index (κ3) is 3.76. The van der Waals surface area contributed by atoms with Gasteiger partial charge in [-0.3, -0.25) is 4.90 Å². The van der Waals surface area contributed by atoms with Crippen LogP contribution in [0.1, 0.15) is 6.42 Å². The van der Waals surface area contributed by atoms with Crippen molar-refractivity contribution in [1.29, 1.82) is 0 Å². The molecule has 0 atom stereocenters. The molecule has 6 nitrogen and oxygen atoms in total. The highest BCUT2D eigenvalue weighted by molar-refractivity contribution is 5.59. The van der Waals surface area contributed by atoms with Gasteiger partial charge in [-0.05, 0) is 19.0 Å². The van der Waals surface area contributed by atoms with E-state index in [1.807, 2.05) is 4.90 Å². The summed E-state index contributed by atoms with van der Waals surface area (Å²) in [5, 5.41) is 9.06. The molecule has 0 saturated carbocycles. The smallest absolute Gasteiger partial charge is 0.300 e. The van der Waals surface area contributed by atoms with Gasteiger partial charge in [0.1, 0.15) is 12.2 Å². The van der Waals surface area contributed by atoms with Gasteiger partial charge < -0.3 is 21.3 Å². The second kappa shape index (κ2) is 6.93. The zero-order chi connectivity index (χ0) is 12.7. The molecule has 0 saturated heterocycles. The normalized spacial score (nSPS) is 10.3. The Morgan fingerprint density at radius 2 is 2.18 bits per heavy atom. The predicted molar refractivity (Wildman–Crippen MR) is 66.9 cm³/mol. The maximum atomic E-state index is 9.06. The number of nitrogen functional groups attached to an aromatic ring is 1. The molecule has 0 aliphatic rings. The average molecular weight is 241 g/mol. The number of ether oxygens (including phenoxy) is 1. The van der Waals surface area contributed by atoms with Crippen LogP contribution in [-0.2, 0) is 0 Å². The van der Waals surface area contributed by atoms with Crippen LogP contribution in [0.15, 0.2) is 12.1 Å². The Kier molecular flexibility index (Phi) is 5.51. The Balaban J connectivity index is 2.90. The average Bonchev–Trinajstić information content (AvgIpc) is 2.35. The van der Waals surface area contributed by atoms with Crippen LogP contribution >= 0.6 is 0 Å². The van der Waals surface area contributed by atoms with Gasteiger partial charge in [-0.1, -0.05) is 0 Å². The second-order valence-corrected chi connectivity index (χ2v) is 3.68. The topological polar surface area (TPSA) is 98.9 Å². The van der Waals surface area contributed by atoms with Crippen LogP contribution in [0.25, 0.3) is 0 Å². The lowest BCUT2D eigenvalue weighted by Gasteiger charge is -2.16. The number of rotatable bonds is 7. The molecule has 17 heavy (non-hydrogen) atoms. The SMILES string of the molecule is COc1ccc(N)c(N(CCO)CCCN)[nH+]1. The van der Waals surface area contributed by atoms with E-state index in [0.717, 1.165) is 18.8 Å². The maximum absolute atomic E-state index is 9.06. The summed E-state index contributed by atoms with van der Waals surface area (Å²) in [4.78, 5) is 5.05. The van der Waals surface area contributed by atoms with Gasteiger partial charge in [0, 0.05) is 6.07 Å². The van der Waals surface area contributed by atoms with Gasteiger partial charge in [0.05, 0.1) is 20.3 Å². The van der Waals surface area contributed by atoms with E-state index in [0.29, 0.717) is 24.7 Å². The minimum Gasteiger partial charge on any atom is -0.466 e. The fourth-order valence-electron chi connectivity index (χ4n) is 1.59. The zero-order valence-electron chi connectivity index (χ0n) is 10.1. The highest BCUT2D eigenvalue weighted by Gasteiger charge is 2.19. The summed E-state index contributed by atoms with van der Waals surface area (Å²) < 4.78 is 5.12. The first-order valence-electron chi connectivity index (χ1n) is 5.64. The van der Waals surface area contributed by atoms with E-state index in [2.05, 4.69) is 4.98 Å². The van der Waals surface area contributed by atoms with Gasteiger partial charge in [-0.2, -0.15) is 0 Å². The second-order valence-electron chi connectivity index (χ2n) is 3.68. The first-order valence-corrected chi connectivity index (χ1v) is 5.64. The monoisotopic (exact) mass is 241 g/mol. The van der Waals surface area contributed by atoms with Crippen LogP contribution in [0.3, 0.4) is 0 Å². The summed E-state index contributed by atoms with van der Waals surface area (Å²) in [6, 6.07) is 3.54. The molecule has 0 radical (unpaired) electrons. The van der Waals surface area contributed by atoms with Crippen molar-refractivity contribution in [2.24, 2.45) is 5.73 Å². The van der Waals surface area contributed by atoms with E-state index < -0.39 is 0 Å². The molecule has 96 valence electrons. The van der Waals surface area contributed by atoms with Crippen molar-refractivity contribution < 1.29 is 14.8 Å². The van der Waals surface area contributed by atoms with E-state index in [9.17, 15) is 0 Å². The standard InChI is InChI=1S/C11H20N4O2/c1-17-10-4-3-9(13)11(14-10)15(7-8-16)6-2-5-12/h3-4,16H,2,5-8,12-13H2,1H3/p+1. The number of nitrogens with one attached hydrogen (secondary N) is 1. The molecule has 0 amide bonds. The fourth-order valence-corrected chi connectivity index (χ4v) is 1.59. The van der Waals surface area contributed by atoms with Crippen molar-refractivity contribution in [3.8, 4) is 5.88 Å². The van der Waals surface area contributed by atoms with Crippen molar-refractivity contribution in [2.45, 2.75) is 6.42 Å². The molecule has 6 N–H and O–H groups in total. The number of hydrogen-bond acceptors (Lipinski definition) is 5. The largest absolute Gasteiger partial charge is 0.466 e. The summed E-state index contributed by atoms with van der Waals surface area (Å²) in [7, 11) is 1.59. The highest BCUT2D eigenvalue weighted by atomic mass is 16.5. The van der Waals surface area contributed by atoms with Gasteiger partial charge in [0.2, 0.25) is 0 Å². The van der Waals surface area contributed by atoms with E-state index in [1.54, 1.807) is 19.2 Å².